The molecular weight excluding hydrogens is 310 g/mol. The van der Waals surface area contributed by atoms with Crippen LogP contribution >= 0.6 is 11.8 Å². The van der Waals surface area contributed by atoms with E-state index in [0.29, 0.717) is 22.3 Å². The lowest BCUT2D eigenvalue weighted by atomic mass is 10.4. The smallest absolute Gasteiger partial charge is 0.270 e. The third-order valence-corrected chi connectivity index (χ3v) is 5.82. The zero-order valence-electron chi connectivity index (χ0n) is 11.7. The Balaban J connectivity index is 2.00. The first-order chi connectivity index (χ1) is 10.0. The lowest BCUT2D eigenvalue weighted by molar-refractivity contribution is 0.597. The molecule has 0 aliphatic carbocycles. The van der Waals surface area contributed by atoms with Crippen molar-refractivity contribution in [1.29, 1.82) is 0 Å². The maximum atomic E-state index is 12.1. The van der Waals surface area contributed by atoms with Crippen LogP contribution in [0.1, 0.15) is 13.3 Å². The number of sulfone groups is 1. The van der Waals surface area contributed by atoms with E-state index in [4.69, 9.17) is 0 Å². The van der Waals surface area contributed by atoms with Gasteiger partial charge in [-0.3, -0.25) is 4.57 Å². The molecule has 0 saturated carbocycles. The average Bonchev–Trinajstić information content (AvgIpc) is 2.82. The summed E-state index contributed by atoms with van der Waals surface area (Å²) < 4.78 is 25.8. The van der Waals surface area contributed by atoms with Crippen molar-refractivity contribution in [3.8, 4) is 0 Å². The van der Waals surface area contributed by atoms with Crippen LogP contribution in [0.5, 0.6) is 0 Å². The molecule has 0 aliphatic heterocycles. The SMILES string of the molecule is CCCn1c(SCCS(=O)(=O)c2ccccc2)n[nH]c1=O. The van der Waals surface area contributed by atoms with Gasteiger partial charge in [0.1, 0.15) is 0 Å². The van der Waals surface area contributed by atoms with Crippen LogP contribution in [-0.4, -0.2) is 34.7 Å². The van der Waals surface area contributed by atoms with Gasteiger partial charge in [-0.25, -0.2) is 18.3 Å². The molecule has 6 nitrogen and oxygen atoms in total. The number of benzene rings is 1. The number of thioether (sulfide) groups is 1. The minimum Gasteiger partial charge on any atom is -0.270 e. The van der Waals surface area contributed by atoms with Gasteiger partial charge < -0.3 is 0 Å². The first-order valence-electron chi connectivity index (χ1n) is 6.60. The van der Waals surface area contributed by atoms with Crippen molar-refractivity contribution in [2.45, 2.75) is 29.9 Å². The monoisotopic (exact) mass is 327 g/mol. The molecule has 0 bridgehead atoms. The van der Waals surface area contributed by atoms with Crippen molar-refractivity contribution >= 4 is 21.6 Å². The molecule has 1 N–H and O–H groups in total. The van der Waals surface area contributed by atoms with Gasteiger partial charge in [0.15, 0.2) is 15.0 Å². The van der Waals surface area contributed by atoms with E-state index >= 15 is 0 Å². The molecule has 0 spiro atoms. The van der Waals surface area contributed by atoms with E-state index < -0.39 is 9.84 Å². The van der Waals surface area contributed by atoms with Crippen LogP contribution in [-0.2, 0) is 16.4 Å². The minimum atomic E-state index is -3.29. The molecule has 0 radical (unpaired) electrons. The highest BCUT2D eigenvalue weighted by molar-refractivity contribution is 8.00. The number of hydrogen-bond acceptors (Lipinski definition) is 5. The van der Waals surface area contributed by atoms with Crippen molar-refractivity contribution < 1.29 is 8.42 Å². The molecule has 0 saturated heterocycles. The van der Waals surface area contributed by atoms with Gasteiger partial charge >= 0.3 is 5.69 Å². The third-order valence-electron chi connectivity index (χ3n) is 2.86. The van der Waals surface area contributed by atoms with Crippen LogP contribution in [0, 0.1) is 0 Å². The molecule has 1 aromatic heterocycles. The highest BCUT2D eigenvalue weighted by Gasteiger charge is 2.15. The summed E-state index contributed by atoms with van der Waals surface area (Å²) in [6, 6.07) is 8.35. The summed E-state index contributed by atoms with van der Waals surface area (Å²) in [6.07, 6.45) is 0.815. The van der Waals surface area contributed by atoms with Gasteiger partial charge in [0.2, 0.25) is 0 Å². The van der Waals surface area contributed by atoms with Crippen LogP contribution in [0.2, 0.25) is 0 Å². The summed E-state index contributed by atoms with van der Waals surface area (Å²) in [5.74, 6) is 0.361. The van der Waals surface area contributed by atoms with E-state index in [1.807, 2.05) is 6.92 Å². The van der Waals surface area contributed by atoms with E-state index in [9.17, 15) is 13.2 Å². The number of rotatable bonds is 7. The van der Waals surface area contributed by atoms with Crippen LogP contribution in [0.3, 0.4) is 0 Å². The Morgan fingerprint density at radius 2 is 2.00 bits per heavy atom. The maximum absolute atomic E-state index is 12.1. The first-order valence-corrected chi connectivity index (χ1v) is 9.24. The highest BCUT2D eigenvalue weighted by atomic mass is 32.2. The normalized spacial score (nSPS) is 11.7. The van der Waals surface area contributed by atoms with Crippen LogP contribution < -0.4 is 5.69 Å². The topological polar surface area (TPSA) is 84.8 Å². The van der Waals surface area contributed by atoms with Gasteiger partial charge in [-0.05, 0) is 18.6 Å². The van der Waals surface area contributed by atoms with E-state index in [2.05, 4.69) is 10.2 Å². The number of nitrogens with one attached hydrogen (secondary N) is 1. The lowest BCUT2D eigenvalue weighted by Gasteiger charge is -2.05. The third kappa shape index (κ3) is 3.98. The molecule has 2 aromatic rings. The standard InChI is InChI=1S/C13H17N3O3S2/c1-2-8-16-12(17)14-15-13(16)20-9-10-21(18,19)11-6-4-3-5-7-11/h3-7H,2,8-10H2,1H3,(H,14,17). The number of aromatic nitrogens is 3. The van der Waals surface area contributed by atoms with Gasteiger partial charge in [-0.15, -0.1) is 5.10 Å². The fraction of sp³-hybridized carbons (Fsp3) is 0.385. The number of nitrogens with zero attached hydrogens (tertiary/aromatic N) is 2. The summed E-state index contributed by atoms with van der Waals surface area (Å²) in [5, 5.41) is 6.84. The molecule has 1 aromatic carbocycles. The van der Waals surface area contributed by atoms with E-state index in [1.54, 1.807) is 30.3 Å². The van der Waals surface area contributed by atoms with Crippen molar-refractivity contribution in [2.75, 3.05) is 11.5 Å². The molecule has 21 heavy (non-hydrogen) atoms. The summed E-state index contributed by atoms with van der Waals surface area (Å²) in [4.78, 5) is 11.8. The van der Waals surface area contributed by atoms with Gasteiger partial charge in [0, 0.05) is 12.3 Å². The predicted molar refractivity (Wildman–Crippen MR) is 82.4 cm³/mol. The van der Waals surface area contributed by atoms with Crippen LogP contribution in [0.4, 0.5) is 0 Å². The van der Waals surface area contributed by atoms with E-state index in [1.165, 1.54) is 16.3 Å². The molecule has 114 valence electrons. The molecule has 0 amide bonds. The zero-order chi connectivity index (χ0) is 15.3. The van der Waals surface area contributed by atoms with Crippen molar-refractivity contribution in [3.63, 3.8) is 0 Å². The summed E-state index contributed by atoms with van der Waals surface area (Å²) in [7, 11) is -3.29. The first kappa shape index (κ1) is 15.8. The Kier molecular flexibility index (Phi) is 5.24. The van der Waals surface area contributed by atoms with Crippen LogP contribution in [0.15, 0.2) is 45.2 Å². The van der Waals surface area contributed by atoms with Crippen molar-refractivity contribution in [1.82, 2.24) is 14.8 Å². The van der Waals surface area contributed by atoms with Gasteiger partial charge in [-0.2, -0.15) is 0 Å². The second-order valence-corrected chi connectivity index (χ2v) is 7.61. The Bertz CT molecular complexity index is 736. The second-order valence-electron chi connectivity index (χ2n) is 4.44. The van der Waals surface area contributed by atoms with Gasteiger partial charge in [0.25, 0.3) is 0 Å². The van der Waals surface area contributed by atoms with E-state index in [-0.39, 0.29) is 11.4 Å². The van der Waals surface area contributed by atoms with Gasteiger partial charge in [0.05, 0.1) is 10.6 Å². The summed E-state index contributed by atoms with van der Waals surface area (Å²) >= 11 is 1.27. The largest absolute Gasteiger partial charge is 0.343 e. The fourth-order valence-corrected chi connectivity index (χ4v) is 4.46. The molecule has 8 heteroatoms. The van der Waals surface area contributed by atoms with E-state index in [0.717, 1.165) is 6.42 Å². The maximum Gasteiger partial charge on any atom is 0.343 e. The molecule has 1 heterocycles. The number of hydrogen-bond donors (Lipinski definition) is 1. The number of aromatic amines is 1. The average molecular weight is 327 g/mol. The predicted octanol–water partition coefficient (Wildman–Crippen LogP) is 1.55. The zero-order valence-corrected chi connectivity index (χ0v) is 13.3. The number of H-pyrrole nitrogens is 1. The lowest BCUT2D eigenvalue weighted by Crippen LogP contribution is -2.17. The van der Waals surface area contributed by atoms with Gasteiger partial charge in [-0.1, -0.05) is 36.9 Å². The van der Waals surface area contributed by atoms with Crippen molar-refractivity contribution in [3.05, 3.63) is 40.8 Å². The fourth-order valence-electron chi connectivity index (χ4n) is 1.82. The quantitative estimate of drug-likeness (QED) is 0.780. The summed E-state index contributed by atoms with van der Waals surface area (Å²) in [6.45, 7) is 2.54. The Labute approximate surface area is 127 Å². The van der Waals surface area contributed by atoms with Crippen LogP contribution in [0.25, 0.3) is 0 Å². The second kappa shape index (κ2) is 6.95. The molecule has 2 rings (SSSR count). The molecular formula is C13H17N3O3S2. The minimum absolute atomic E-state index is 0.00879. The molecule has 0 aliphatic rings. The molecule has 0 fully saturated rings. The summed E-state index contributed by atoms with van der Waals surface area (Å²) in [5.41, 5.74) is -0.259. The Hall–Kier alpha value is -1.54. The Morgan fingerprint density at radius 1 is 1.29 bits per heavy atom. The highest BCUT2D eigenvalue weighted by Crippen LogP contribution is 2.17. The van der Waals surface area contributed by atoms with Crippen molar-refractivity contribution in [2.24, 2.45) is 0 Å². The Morgan fingerprint density at radius 3 is 2.67 bits per heavy atom. The molecule has 0 unspecified atom stereocenters. The molecule has 0 atom stereocenters.